The summed E-state index contributed by atoms with van der Waals surface area (Å²) in [4.78, 5) is 22.7. The summed E-state index contributed by atoms with van der Waals surface area (Å²) < 4.78 is 0. The average Bonchev–Trinajstić information content (AvgIpc) is 3.04. The van der Waals surface area contributed by atoms with E-state index in [1.807, 2.05) is 18.2 Å². The lowest BCUT2D eigenvalue weighted by molar-refractivity contribution is -0.137. The van der Waals surface area contributed by atoms with E-state index in [0.717, 1.165) is 28.9 Å². The van der Waals surface area contributed by atoms with Gasteiger partial charge >= 0.3 is 5.97 Å². The summed E-state index contributed by atoms with van der Waals surface area (Å²) in [5.74, 6) is 0.630. The quantitative estimate of drug-likeness (QED) is 0.683. The van der Waals surface area contributed by atoms with Gasteiger partial charge in [0.05, 0.1) is 11.8 Å². The molecule has 26 heavy (non-hydrogen) atoms. The fourth-order valence-electron chi connectivity index (χ4n) is 3.44. The first-order chi connectivity index (χ1) is 12.7. The third-order valence-corrected chi connectivity index (χ3v) is 5.91. The molecule has 5 nitrogen and oxygen atoms in total. The second-order valence-corrected chi connectivity index (χ2v) is 7.70. The van der Waals surface area contributed by atoms with Crippen LogP contribution in [0.15, 0.2) is 30.3 Å². The van der Waals surface area contributed by atoms with Crippen molar-refractivity contribution in [2.75, 3.05) is 5.32 Å². The molecule has 134 valence electrons. The van der Waals surface area contributed by atoms with Gasteiger partial charge in [0.25, 0.3) is 0 Å². The predicted octanol–water partition coefficient (Wildman–Crippen LogP) is 4.20. The SMILES string of the molecule is O=C(O)CCc1nc(NCc2ccccc2)c2c3c(sc2n1)CCCC3. The topological polar surface area (TPSA) is 75.1 Å². The molecule has 0 amide bonds. The van der Waals surface area contributed by atoms with Crippen LogP contribution in [0.25, 0.3) is 10.2 Å². The Morgan fingerprint density at radius 3 is 2.77 bits per heavy atom. The number of aromatic nitrogens is 2. The molecule has 4 rings (SSSR count). The van der Waals surface area contributed by atoms with E-state index < -0.39 is 5.97 Å². The van der Waals surface area contributed by atoms with Gasteiger partial charge in [0, 0.05) is 17.8 Å². The Hall–Kier alpha value is -2.47. The molecule has 0 fully saturated rings. The molecule has 2 N–H and O–H groups in total. The molecule has 2 heterocycles. The molecule has 6 heteroatoms. The van der Waals surface area contributed by atoms with Gasteiger partial charge in [-0.1, -0.05) is 30.3 Å². The first kappa shape index (κ1) is 17.0. The summed E-state index contributed by atoms with van der Waals surface area (Å²) in [5.41, 5.74) is 2.58. The molecule has 2 aromatic heterocycles. The van der Waals surface area contributed by atoms with Gasteiger partial charge in [-0.3, -0.25) is 4.79 Å². The van der Waals surface area contributed by atoms with Crippen molar-refractivity contribution in [1.82, 2.24) is 9.97 Å². The van der Waals surface area contributed by atoms with Crippen LogP contribution in [0.2, 0.25) is 0 Å². The Labute approximate surface area is 156 Å². The minimum Gasteiger partial charge on any atom is -0.481 e. The fraction of sp³-hybridized carbons (Fsp3) is 0.350. The van der Waals surface area contributed by atoms with Crippen LogP contribution < -0.4 is 5.32 Å². The zero-order valence-electron chi connectivity index (χ0n) is 14.5. The molecule has 0 bridgehead atoms. The first-order valence-corrected chi connectivity index (χ1v) is 9.83. The maximum Gasteiger partial charge on any atom is 0.303 e. The lowest BCUT2D eigenvalue weighted by Crippen LogP contribution is -2.08. The number of nitrogens with zero attached hydrogens (tertiary/aromatic N) is 2. The molecule has 0 saturated heterocycles. The summed E-state index contributed by atoms with van der Waals surface area (Å²) in [6.07, 6.45) is 5.03. The second kappa shape index (κ2) is 7.41. The van der Waals surface area contributed by atoms with E-state index in [0.29, 0.717) is 18.8 Å². The van der Waals surface area contributed by atoms with E-state index in [-0.39, 0.29) is 6.42 Å². The number of benzene rings is 1. The number of fused-ring (bicyclic) bond motifs is 3. The van der Waals surface area contributed by atoms with E-state index in [4.69, 9.17) is 5.11 Å². The summed E-state index contributed by atoms with van der Waals surface area (Å²) in [6.45, 7) is 0.690. The van der Waals surface area contributed by atoms with Crippen molar-refractivity contribution >= 4 is 33.3 Å². The molecule has 0 spiro atoms. The van der Waals surface area contributed by atoms with Gasteiger partial charge in [-0.25, -0.2) is 9.97 Å². The zero-order valence-corrected chi connectivity index (χ0v) is 15.3. The number of hydrogen-bond donors (Lipinski definition) is 2. The van der Waals surface area contributed by atoms with E-state index in [2.05, 4.69) is 27.4 Å². The van der Waals surface area contributed by atoms with Crippen LogP contribution in [0.1, 0.15) is 41.1 Å². The van der Waals surface area contributed by atoms with Crippen molar-refractivity contribution < 1.29 is 9.90 Å². The van der Waals surface area contributed by atoms with Gasteiger partial charge in [-0.2, -0.15) is 0 Å². The molecule has 0 radical (unpaired) electrons. The highest BCUT2D eigenvalue weighted by Crippen LogP contribution is 2.38. The number of carboxylic acids is 1. The number of nitrogens with one attached hydrogen (secondary N) is 1. The second-order valence-electron chi connectivity index (χ2n) is 6.61. The van der Waals surface area contributed by atoms with Crippen LogP contribution in [-0.4, -0.2) is 21.0 Å². The van der Waals surface area contributed by atoms with Crippen LogP contribution in [0.5, 0.6) is 0 Å². The Morgan fingerprint density at radius 2 is 1.96 bits per heavy atom. The van der Waals surface area contributed by atoms with Gasteiger partial charge in [0.2, 0.25) is 0 Å². The van der Waals surface area contributed by atoms with Crippen molar-refractivity contribution in [3.05, 3.63) is 52.2 Å². The largest absolute Gasteiger partial charge is 0.481 e. The van der Waals surface area contributed by atoms with Crippen molar-refractivity contribution in [3.63, 3.8) is 0 Å². The minimum atomic E-state index is -0.821. The standard InChI is InChI=1S/C20H21N3O2S/c24-17(25)11-10-16-22-19(21-12-13-6-2-1-3-7-13)18-14-8-4-5-9-15(14)26-20(18)23-16/h1-3,6-7H,4-5,8-12H2,(H,24,25)(H,21,22,23). The molecular formula is C20H21N3O2S. The van der Waals surface area contributed by atoms with Crippen molar-refractivity contribution in [2.45, 2.75) is 45.1 Å². The van der Waals surface area contributed by atoms with Crippen LogP contribution in [0, 0.1) is 0 Å². The van der Waals surface area contributed by atoms with Gasteiger partial charge in [0.15, 0.2) is 0 Å². The first-order valence-electron chi connectivity index (χ1n) is 9.01. The third-order valence-electron chi connectivity index (χ3n) is 4.73. The maximum absolute atomic E-state index is 10.9. The number of thiophene rings is 1. The highest BCUT2D eigenvalue weighted by atomic mass is 32.1. The van der Waals surface area contributed by atoms with Crippen LogP contribution in [0.3, 0.4) is 0 Å². The highest BCUT2D eigenvalue weighted by molar-refractivity contribution is 7.19. The highest BCUT2D eigenvalue weighted by Gasteiger charge is 2.21. The molecular weight excluding hydrogens is 346 g/mol. The van der Waals surface area contributed by atoms with Crippen molar-refractivity contribution in [2.24, 2.45) is 0 Å². The number of carbonyl (C=O) groups is 1. The monoisotopic (exact) mass is 367 g/mol. The smallest absolute Gasteiger partial charge is 0.303 e. The van der Waals surface area contributed by atoms with E-state index in [9.17, 15) is 4.79 Å². The van der Waals surface area contributed by atoms with E-state index >= 15 is 0 Å². The molecule has 0 unspecified atom stereocenters. The number of aryl methyl sites for hydroxylation is 3. The van der Waals surface area contributed by atoms with Gasteiger partial charge in [0.1, 0.15) is 16.5 Å². The lowest BCUT2D eigenvalue weighted by Gasteiger charge is -2.13. The number of rotatable bonds is 6. The molecule has 3 aromatic rings. The fourth-order valence-corrected chi connectivity index (χ4v) is 4.72. The van der Waals surface area contributed by atoms with E-state index in [1.54, 1.807) is 11.3 Å². The summed E-state index contributed by atoms with van der Waals surface area (Å²) in [6, 6.07) is 10.2. The predicted molar refractivity (Wildman–Crippen MR) is 104 cm³/mol. The maximum atomic E-state index is 10.9. The Balaban J connectivity index is 1.71. The normalized spacial score (nSPS) is 13.5. The zero-order chi connectivity index (χ0) is 17.9. The lowest BCUT2D eigenvalue weighted by atomic mass is 9.97. The number of anilines is 1. The van der Waals surface area contributed by atoms with Crippen LogP contribution in [-0.2, 0) is 30.6 Å². The van der Waals surface area contributed by atoms with Crippen molar-refractivity contribution in [3.8, 4) is 0 Å². The third kappa shape index (κ3) is 3.55. The molecule has 0 saturated carbocycles. The minimum absolute atomic E-state index is 0.0503. The Bertz CT molecular complexity index is 937. The molecule has 1 aliphatic rings. The number of aliphatic carboxylic acids is 1. The van der Waals surface area contributed by atoms with Crippen LogP contribution in [0.4, 0.5) is 5.82 Å². The van der Waals surface area contributed by atoms with Crippen LogP contribution >= 0.6 is 11.3 Å². The molecule has 1 aromatic carbocycles. The molecule has 0 aliphatic heterocycles. The Kier molecular flexibility index (Phi) is 4.84. The number of carboxylic acid groups (broad SMARTS) is 1. The van der Waals surface area contributed by atoms with Gasteiger partial charge < -0.3 is 10.4 Å². The molecule has 1 aliphatic carbocycles. The molecule has 0 atom stereocenters. The summed E-state index contributed by atoms with van der Waals surface area (Å²) in [7, 11) is 0. The van der Waals surface area contributed by atoms with E-state index in [1.165, 1.54) is 28.8 Å². The van der Waals surface area contributed by atoms with Crippen molar-refractivity contribution in [1.29, 1.82) is 0 Å². The summed E-state index contributed by atoms with van der Waals surface area (Å²) >= 11 is 1.75. The number of hydrogen-bond acceptors (Lipinski definition) is 5. The van der Waals surface area contributed by atoms with Gasteiger partial charge in [-0.15, -0.1) is 11.3 Å². The van der Waals surface area contributed by atoms with Gasteiger partial charge in [-0.05, 0) is 36.8 Å². The Morgan fingerprint density at radius 1 is 1.15 bits per heavy atom. The summed E-state index contributed by atoms with van der Waals surface area (Å²) in [5, 5.41) is 13.6. The average molecular weight is 367 g/mol.